The van der Waals surface area contributed by atoms with Gasteiger partial charge in [0.15, 0.2) is 11.5 Å². The predicted molar refractivity (Wildman–Crippen MR) is 159 cm³/mol. The number of methoxy groups -OCH3 is 3. The van der Waals surface area contributed by atoms with Crippen LogP contribution in [0.5, 0.6) is 17.2 Å². The smallest absolute Gasteiger partial charge is 0.303 e. The molecule has 42 heavy (non-hydrogen) atoms. The van der Waals surface area contributed by atoms with Gasteiger partial charge in [0, 0.05) is 34.3 Å². The molecule has 3 aromatic carbocycles. The van der Waals surface area contributed by atoms with Crippen molar-refractivity contribution in [2.45, 2.75) is 25.3 Å². The molecule has 0 saturated heterocycles. The maximum atomic E-state index is 13.7. The Kier molecular flexibility index (Phi) is 8.17. The number of hydrazone groups is 1. The molecule has 10 nitrogen and oxygen atoms in total. The van der Waals surface area contributed by atoms with Crippen LogP contribution in [0.15, 0.2) is 70.6 Å². The number of fused-ring (bicyclic) bond motifs is 1. The van der Waals surface area contributed by atoms with Crippen LogP contribution < -0.4 is 19.8 Å². The number of para-hydroxylation sites is 1. The lowest BCUT2D eigenvalue weighted by molar-refractivity contribution is -0.141. The number of nitrogens with zero attached hydrogens (tertiary/aromatic N) is 2. The number of carbonyl (C=O) groups is 2. The predicted octanol–water partition coefficient (Wildman–Crippen LogP) is 5.42. The van der Waals surface area contributed by atoms with E-state index in [0.29, 0.717) is 50.2 Å². The fraction of sp³-hybridized carbons (Fsp3) is 0.226. The maximum Gasteiger partial charge on any atom is 0.303 e. The number of carboxylic acid groups (broad SMARTS) is 1. The van der Waals surface area contributed by atoms with Gasteiger partial charge < -0.3 is 24.3 Å². The molecule has 0 radical (unpaired) electrons. The molecular formula is C31H28ClN3O7. The number of H-pyrrole nitrogens is 1. The number of aromatic amines is 1. The minimum absolute atomic E-state index is 0.166. The van der Waals surface area contributed by atoms with Crippen molar-refractivity contribution in [3.63, 3.8) is 0 Å². The van der Waals surface area contributed by atoms with Crippen molar-refractivity contribution in [2.24, 2.45) is 5.10 Å². The minimum Gasteiger partial charge on any atom is -0.493 e. The molecule has 1 amide bonds. The van der Waals surface area contributed by atoms with Gasteiger partial charge in [-0.05, 0) is 41.5 Å². The van der Waals surface area contributed by atoms with Crippen LogP contribution in [0.2, 0.25) is 5.02 Å². The molecule has 0 aliphatic carbocycles. The number of benzene rings is 3. The van der Waals surface area contributed by atoms with Gasteiger partial charge in [-0.25, -0.2) is 5.01 Å². The summed E-state index contributed by atoms with van der Waals surface area (Å²) in [5.74, 6) is -0.474. The van der Waals surface area contributed by atoms with E-state index < -0.39 is 17.9 Å². The summed E-state index contributed by atoms with van der Waals surface area (Å²) in [4.78, 5) is 41.3. The summed E-state index contributed by atoms with van der Waals surface area (Å²) in [5.41, 5.74) is 2.95. The fourth-order valence-electron chi connectivity index (χ4n) is 5.21. The van der Waals surface area contributed by atoms with Gasteiger partial charge in [-0.2, -0.15) is 5.10 Å². The van der Waals surface area contributed by atoms with Gasteiger partial charge in [-0.15, -0.1) is 0 Å². The number of nitrogens with one attached hydrogen (secondary N) is 1. The summed E-state index contributed by atoms with van der Waals surface area (Å²) in [6, 6.07) is 17.3. The minimum atomic E-state index is -1.10. The Morgan fingerprint density at radius 3 is 2.26 bits per heavy atom. The van der Waals surface area contributed by atoms with Crippen molar-refractivity contribution >= 4 is 40.1 Å². The zero-order valence-electron chi connectivity index (χ0n) is 23.1. The number of amides is 1. The molecule has 2 N–H and O–H groups in total. The number of rotatable bonds is 9. The van der Waals surface area contributed by atoms with Crippen molar-refractivity contribution in [3.8, 4) is 28.4 Å². The normalized spacial score (nSPS) is 14.5. The Bertz CT molecular complexity index is 1740. The average Bonchev–Trinajstić information content (AvgIpc) is 3.44. The molecule has 0 bridgehead atoms. The molecule has 0 saturated carbocycles. The second-order valence-corrected chi connectivity index (χ2v) is 10.1. The highest BCUT2D eigenvalue weighted by Gasteiger charge is 2.36. The van der Waals surface area contributed by atoms with E-state index in [0.717, 1.165) is 10.9 Å². The average molecular weight is 590 g/mol. The third kappa shape index (κ3) is 5.40. The van der Waals surface area contributed by atoms with Gasteiger partial charge in [0.1, 0.15) is 0 Å². The Hall–Kier alpha value is -4.83. The zero-order chi connectivity index (χ0) is 30.0. The second-order valence-electron chi connectivity index (χ2n) is 9.61. The second kappa shape index (κ2) is 12.0. The molecule has 216 valence electrons. The zero-order valence-corrected chi connectivity index (χ0v) is 23.9. The summed E-state index contributed by atoms with van der Waals surface area (Å²) in [6.45, 7) is 0. The Morgan fingerprint density at radius 1 is 0.976 bits per heavy atom. The lowest BCUT2D eigenvalue weighted by Crippen LogP contribution is -2.27. The van der Waals surface area contributed by atoms with Gasteiger partial charge in [-0.1, -0.05) is 41.9 Å². The van der Waals surface area contributed by atoms with Crippen molar-refractivity contribution in [2.75, 3.05) is 21.3 Å². The van der Waals surface area contributed by atoms with Crippen LogP contribution >= 0.6 is 11.6 Å². The van der Waals surface area contributed by atoms with Crippen LogP contribution in [0.3, 0.4) is 0 Å². The number of carboxylic acids is 1. The number of ether oxygens (including phenoxy) is 3. The first-order chi connectivity index (χ1) is 20.2. The standard InChI is InChI=1S/C31H28ClN3O7/c1-40-24-14-18(15-25(41-2)30(24)42-3)23-16-22(34-35(23)26(36)12-13-27(37)38)29-28(17-8-10-19(32)11-9-17)20-6-4-5-7-21(20)33-31(29)39/h4-11,14-15,23H,12-13,16H2,1-3H3,(H,33,39)(H,37,38)/t23-/m0/s1. The van der Waals surface area contributed by atoms with Gasteiger partial charge in [0.2, 0.25) is 11.7 Å². The van der Waals surface area contributed by atoms with Gasteiger partial charge in [0.05, 0.1) is 45.1 Å². The first-order valence-electron chi connectivity index (χ1n) is 13.1. The highest BCUT2D eigenvalue weighted by molar-refractivity contribution is 6.30. The van der Waals surface area contributed by atoms with Crippen molar-refractivity contribution < 1.29 is 28.9 Å². The summed E-state index contributed by atoms with van der Waals surface area (Å²) in [7, 11) is 4.46. The lowest BCUT2D eigenvalue weighted by Gasteiger charge is -2.23. The van der Waals surface area contributed by atoms with E-state index in [-0.39, 0.29) is 24.8 Å². The molecule has 1 aliphatic heterocycles. The molecule has 0 unspecified atom stereocenters. The van der Waals surface area contributed by atoms with Crippen LogP contribution in [0.4, 0.5) is 0 Å². The van der Waals surface area contributed by atoms with Crippen LogP contribution in [-0.2, 0) is 9.59 Å². The molecule has 5 rings (SSSR count). The summed E-state index contributed by atoms with van der Waals surface area (Å²) < 4.78 is 16.5. The molecule has 1 aromatic heterocycles. The van der Waals surface area contributed by atoms with E-state index >= 15 is 0 Å². The number of halogens is 1. The topological polar surface area (TPSA) is 131 Å². The number of aromatic nitrogens is 1. The fourth-order valence-corrected chi connectivity index (χ4v) is 5.33. The quantitative estimate of drug-likeness (QED) is 0.267. The lowest BCUT2D eigenvalue weighted by atomic mass is 9.91. The highest BCUT2D eigenvalue weighted by atomic mass is 35.5. The number of hydrogen-bond donors (Lipinski definition) is 2. The van der Waals surface area contributed by atoms with Gasteiger partial charge >= 0.3 is 5.97 Å². The van der Waals surface area contributed by atoms with Crippen molar-refractivity contribution in [1.82, 2.24) is 9.99 Å². The number of hydrogen-bond acceptors (Lipinski definition) is 7. The van der Waals surface area contributed by atoms with E-state index in [1.54, 1.807) is 24.3 Å². The van der Waals surface area contributed by atoms with Crippen LogP contribution in [0.25, 0.3) is 22.0 Å². The highest BCUT2D eigenvalue weighted by Crippen LogP contribution is 2.44. The van der Waals surface area contributed by atoms with E-state index in [1.165, 1.54) is 26.3 Å². The van der Waals surface area contributed by atoms with E-state index in [9.17, 15) is 19.5 Å². The van der Waals surface area contributed by atoms with Crippen LogP contribution in [-0.4, -0.2) is 54.0 Å². The first kappa shape index (κ1) is 28.7. The van der Waals surface area contributed by atoms with Gasteiger partial charge in [-0.3, -0.25) is 14.4 Å². The molecule has 2 heterocycles. The first-order valence-corrected chi connectivity index (χ1v) is 13.5. The largest absolute Gasteiger partial charge is 0.493 e. The Morgan fingerprint density at radius 2 is 1.64 bits per heavy atom. The molecule has 0 fully saturated rings. The SMILES string of the molecule is COc1cc([C@@H]2CC(c3c(-c4ccc(Cl)cc4)c4ccccc4[nH]c3=O)=NN2C(=O)CCC(=O)O)cc(OC)c1OC. The van der Waals surface area contributed by atoms with E-state index in [4.69, 9.17) is 25.8 Å². The summed E-state index contributed by atoms with van der Waals surface area (Å²) in [5, 5.41) is 16.5. The number of carbonyl (C=O) groups excluding carboxylic acids is 1. The molecule has 11 heteroatoms. The molecule has 0 spiro atoms. The Labute approximate surface area is 246 Å². The van der Waals surface area contributed by atoms with Crippen molar-refractivity contribution in [3.05, 3.63) is 87.2 Å². The summed E-state index contributed by atoms with van der Waals surface area (Å²) in [6.07, 6.45) is -0.473. The van der Waals surface area contributed by atoms with E-state index in [2.05, 4.69) is 10.1 Å². The van der Waals surface area contributed by atoms with Crippen LogP contribution in [0, 0.1) is 0 Å². The summed E-state index contributed by atoms with van der Waals surface area (Å²) >= 11 is 6.17. The molecule has 1 aliphatic rings. The third-order valence-electron chi connectivity index (χ3n) is 7.13. The maximum absolute atomic E-state index is 13.7. The van der Waals surface area contributed by atoms with Crippen molar-refractivity contribution in [1.29, 1.82) is 0 Å². The van der Waals surface area contributed by atoms with Crippen LogP contribution in [0.1, 0.15) is 36.4 Å². The number of aliphatic carboxylic acids is 1. The third-order valence-corrected chi connectivity index (χ3v) is 7.39. The Balaban J connectivity index is 1.70. The van der Waals surface area contributed by atoms with Gasteiger partial charge in [0.25, 0.3) is 5.56 Å². The molecule has 1 atom stereocenters. The molecule has 4 aromatic rings. The molecular weight excluding hydrogens is 562 g/mol. The van der Waals surface area contributed by atoms with E-state index in [1.807, 2.05) is 36.4 Å². The monoisotopic (exact) mass is 589 g/mol. The number of pyridine rings is 1.